The molecule has 1 aliphatic rings. The SMILES string of the molecule is CC1=[C](c2ccccc2)[Ge]([CH3])([CH3])[c]2ccccc21. The second-order valence-corrected chi connectivity index (χ2v) is 14.5. The molecule has 1 heteroatoms. The van der Waals surface area contributed by atoms with Crippen molar-refractivity contribution in [1.29, 1.82) is 0 Å². The summed E-state index contributed by atoms with van der Waals surface area (Å²) in [5.74, 6) is 5.02. The molecule has 18 heavy (non-hydrogen) atoms. The molecule has 0 radical (unpaired) electrons. The standard InChI is InChI=1S/C17H18Ge/c1-13-15-11-7-8-12-16(15)18(2,3)17(13)14-9-5-4-6-10-14/h4-12H,1-3H3. The molecule has 1 aliphatic heterocycles. The molecule has 3 rings (SSSR count). The van der Waals surface area contributed by atoms with E-state index in [-0.39, 0.29) is 0 Å². The molecule has 0 bridgehead atoms. The maximum absolute atomic E-state index is 2.51. The summed E-state index contributed by atoms with van der Waals surface area (Å²) >= 11 is -2.08. The van der Waals surface area contributed by atoms with Crippen molar-refractivity contribution in [1.82, 2.24) is 0 Å². The van der Waals surface area contributed by atoms with Crippen LogP contribution in [0.25, 0.3) is 9.98 Å². The van der Waals surface area contributed by atoms with Gasteiger partial charge in [-0.05, 0) is 0 Å². The van der Waals surface area contributed by atoms with E-state index >= 15 is 0 Å². The van der Waals surface area contributed by atoms with Gasteiger partial charge in [0.15, 0.2) is 0 Å². The Morgan fingerprint density at radius 1 is 0.778 bits per heavy atom. The van der Waals surface area contributed by atoms with E-state index in [0.717, 1.165) is 0 Å². The van der Waals surface area contributed by atoms with E-state index in [9.17, 15) is 0 Å². The zero-order valence-electron chi connectivity index (χ0n) is 11.2. The van der Waals surface area contributed by atoms with Crippen LogP contribution in [0.2, 0.25) is 11.5 Å². The van der Waals surface area contributed by atoms with Crippen LogP contribution in [0.15, 0.2) is 54.6 Å². The molecule has 0 aliphatic carbocycles. The second-order valence-electron chi connectivity index (χ2n) is 5.54. The molecule has 90 valence electrons. The summed E-state index contributed by atoms with van der Waals surface area (Å²) in [6.07, 6.45) is 0. The minimum atomic E-state index is -2.08. The molecule has 0 saturated carbocycles. The van der Waals surface area contributed by atoms with Crippen LogP contribution in [-0.4, -0.2) is 13.3 Å². The van der Waals surface area contributed by atoms with Crippen LogP contribution in [0.5, 0.6) is 0 Å². The monoisotopic (exact) mass is 296 g/mol. The first kappa shape index (κ1) is 11.8. The summed E-state index contributed by atoms with van der Waals surface area (Å²) in [7, 11) is 0. The van der Waals surface area contributed by atoms with Gasteiger partial charge in [0, 0.05) is 0 Å². The Morgan fingerprint density at radius 2 is 1.39 bits per heavy atom. The van der Waals surface area contributed by atoms with E-state index < -0.39 is 13.3 Å². The zero-order valence-corrected chi connectivity index (χ0v) is 13.3. The van der Waals surface area contributed by atoms with Gasteiger partial charge >= 0.3 is 112 Å². The number of benzene rings is 2. The quantitative estimate of drug-likeness (QED) is 0.695. The fraction of sp³-hybridized carbons (Fsp3) is 0.176. The number of allylic oxidation sites excluding steroid dienone is 1. The Bertz CT molecular complexity index is 621. The van der Waals surface area contributed by atoms with Crippen LogP contribution in [0.4, 0.5) is 0 Å². The van der Waals surface area contributed by atoms with Crippen LogP contribution in [0.1, 0.15) is 18.1 Å². The van der Waals surface area contributed by atoms with Crippen LogP contribution < -0.4 is 4.40 Å². The fourth-order valence-corrected chi connectivity index (χ4v) is 11.0. The minimum absolute atomic E-state index is 1.43. The van der Waals surface area contributed by atoms with Gasteiger partial charge in [0.2, 0.25) is 0 Å². The maximum atomic E-state index is 2.51. The molecular weight excluding hydrogens is 277 g/mol. The van der Waals surface area contributed by atoms with Gasteiger partial charge in [0.05, 0.1) is 0 Å². The second kappa shape index (κ2) is 4.13. The van der Waals surface area contributed by atoms with Crippen LogP contribution in [-0.2, 0) is 0 Å². The van der Waals surface area contributed by atoms with Crippen molar-refractivity contribution in [2.45, 2.75) is 18.4 Å². The van der Waals surface area contributed by atoms with Crippen molar-refractivity contribution < 1.29 is 0 Å². The molecule has 0 amide bonds. The third kappa shape index (κ3) is 1.59. The van der Waals surface area contributed by atoms with Crippen LogP contribution in [0, 0.1) is 0 Å². The first-order chi connectivity index (χ1) is 8.62. The first-order valence-electron chi connectivity index (χ1n) is 6.49. The first-order valence-corrected chi connectivity index (χ1v) is 12.8. The van der Waals surface area contributed by atoms with Crippen molar-refractivity contribution in [2.24, 2.45) is 0 Å². The Morgan fingerprint density at radius 3 is 2.06 bits per heavy atom. The van der Waals surface area contributed by atoms with Crippen molar-refractivity contribution in [3.05, 3.63) is 65.7 Å². The average molecular weight is 295 g/mol. The zero-order chi connectivity index (χ0) is 12.8. The van der Waals surface area contributed by atoms with E-state index in [4.69, 9.17) is 0 Å². The van der Waals surface area contributed by atoms with E-state index in [0.29, 0.717) is 0 Å². The van der Waals surface area contributed by atoms with Gasteiger partial charge in [-0.1, -0.05) is 0 Å². The molecule has 0 fully saturated rings. The van der Waals surface area contributed by atoms with Gasteiger partial charge in [-0.3, -0.25) is 0 Å². The predicted molar refractivity (Wildman–Crippen MR) is 82.5 cm³/mol. The fourth-order valence-electron chi connectivity index (χ4n) is 3.28. The Labute approximate surface area is 112 Å². The molecule has 0 saturated heterocycles. The number of fused-ring (bicyclic) bond motifs is 1. The molecule has 0 atom stereocenters. The van der Waals surface area contributed by atoms with Gasteiger partial charge in [-0.25, -0.2) is 0 Å². The third-order valence-electron chi connectivity index (χ3n) is 4.07. The summed E-state index contributed by atoms with van der Waals surface area (Å²) in [5.41, 5.74) is 4.42. The summed E-state index contributed by atoms with van der Waals surface area (Å²) in [6, 6.07) is 19.9. The molecular formula is C17H18Ge. The average Bonchev–Trinajstić information content (AvgIpc) is 2.59. The van der Waals surface area contributed by atoms with E-state index in [1.54, 1.807) is 8.80 Å². The summed E-state index contributed by atoms with van der Waals surface area (Å²) in [6.45, 7) is 2.29. The van der Waals surface area contributed by atoms with Gasteiger partial charge in [-0.2, -0.15) is 0 Å². The molecule has 2 aromatic rings. The number of hydrogen-bond acceptors (Lipinski definition) is 0. The Balaban J connectivity index is 2.26. The summed E-state index contributed by atoms with van der Waals surface area (Å²) in [5, 5.41) is 0. The van der Waals surface area contributed by atoms with Crippen LogP contribution in [0.3, 0.4) is 0 Å². The molecule has 0 N–H and O–H groups in total. The molecule has 1 heterocycles. The molecule has 0 unspecified atom stereocenters. The number of hydrogen-bond donors (Lipinski definition) is 0. The van der Waals surface area contributed by atoms with Crippen molar-refractivity contribution in [3.8, 4) is 0 Å². The Hall–Kier alpha value is -1.28. The van der Waals surface area contributed by atoms with Crippen molar-refractivity contribution >= 4 is 27.6 Å². The van der Waals surface area contributed by atoms with Gasteiger partial charge < -0.3 is 0 Å². The van der Waals surface area contributed by atoms with Gasteiger partial charge in [-0.15, -0.1) is 0 Å². The van der Waals surface area contributed by atoms with Gasteiger partial charge in [0.1, 0.15) is 0 Å². The van der Waals surface area contributed by atoms with Crippen molar-refractivity contribution in [2.75, 3.05) is 0 Å². The topological polar surface area (TPSA) is 0 Å². The summed E-state index contributed by atoms with van der Waals surface area (Å²) < 4.78 is 3.28. The molecule has 0 nitrogen and oxygen atoms in total. The molecule has 0 spiro atoms. The molecule has 0 aromatic heterocycles. The van der Waals surface area contributed by atoms with E-state index in [1.165, 1.54) is 16.7 Å². The third-order valence-corrected chi connectivity index (χ3v) is 11.8. The predicted octanol–water partition coefficient (Wildman–Crippen LogP) is 4.09. The van der Waals surface area contributed by atoms with Crippen molar-refractivity contribution in [3.63, 3.8) is 0 Å². The van der Waals surface area contributed by atoms with Crippen LogP contribution >= 0.6 is 0 Å². The van der Waals surface area contributed by atoms with Gasteiger partial charge in [0.25, 0.3) is 0 Å². The van der Waals surface area contributed by atoms with E-state index in [2.05, 4.69) is 73.0 Å². The Kier molecular flexibility index (Phi) is 2.71. The normalized spacial score (nSPS) is 16.8. The molecule has 2 aromatic carbocycles. The summed E-state index contributed by atoms with van der Waals surface area (Å²) in [4.78, 5) is 0. The van der Waals surface area contributed by atoms with E-state index in [1.807, 2.05) is 0 Å². The number of rotatable bonds is 1.